The number of carboxylic acid groups (broad SMARTS) is 1. The largest absolute Gasteiger partial charge is 0.481 e. The number of nitrogens with zero attached hydrogens (tertiary/aromatic N) is 2. The lowest BCUT2D eigenvalue weighted by molar-refractivity contribution is -0.145. The SMILES string of the molecule is CCC(C)n1ccc(CC2CC(C)CCC2C(=O)O)n1. The Labute approximate surface area is 121 Å². The van der Waals surface area contributed by atoms with Gasteiger partial charge in [-0.15, -0.1) is 0 Å². The van der Waals surface area contributed by atoms with Gasteiger partial charge in [-0.1, -0.05) is 13.8 Å². The summed E-state index contributed by atoms with van der Waals surface area (Å²) < 4.78 is 2.00. The Hall–Kier alpha value is -1.32. The molecule has 0 amide bonds. The van der Waals surface area contributed by atoms with E-state index in [-0.39, 0.29) is 11.8 Å². The Balaban J connectivity index is 2.06. The summed E-state index contributed by atoms with van der Waals surface area (Å²) in [6.45, 7) is 6.53. The van der Waals surface area contributed by atoms with E-state index in [0.29, 0.717) is 12.0 Å². The molecule has 20 heavy (non-hydrogen) atoms. The van der Waals surface area contributed by atoms with E-state index < -0.39 is 5.97 Å². The Morgan fingerprint density at radius 3 is 2.95 bits per heavy atom. The highest BCUT2D eigenvalue weighted by Crippen LogP contribution is 2.35. The molecule has 1 fully saturated rings. The maximum absolute atomic E-state index is 11.4. The van der Waals surface area contributed by atoms with Crippen LogP contribution < -0.4 is 0 Å². The Kier molecular flexibility index (Phi) is 4.84. The fourth-order valence-electron chi connectivity index (χ4n) is 3.24. The molecule has 0 radical (unpaired) electrons. The quantitative estimate of drug-likeness (QED) is 0.896. The predicted molar refractivity (Wildman–Crippen MR) is 78.6 cm³/mol. The number of hydrogen-bond donors (Lipinski definition) is 1. The standard InChI is InChI=1S/C16H26N2O2/c1-4-12(3)18-8-7-14(17-18)10-13-9-11(2)5-6-15(13)16(19)20/h7-8,11-13,15H,4-6,9-10H2,1-3H3,(H,19,20). The van der Waals surface area contributed by atoms with Gasteiger partial charge >= 0.3 is 5.97 Å². The van der Waals surface area contributed by atoms with Crippen molar-refractivity contribution in [3.63, 3.8) is 0 Å². The van der Waals surface area contributed by atoms with Crippen molar-refractivity contribution >= 4 is 5.97 Å². The Bertz CT molecular complexity index is 455. The highest BCUT2D eigenvalue weighted by molar-refractivity contribution is 5.70. The monoisotopic (exact) mass is 278 g/mol. The van der Waals surface area contributed by atoms with Crippen molar-refractivity contribution in [3.05, 3.63) is 18.0 Å². The topological polar surface area (TPSA) is 55.1 Å². The van der Waals surface area contributed by atoms with Crippen LogP contribution in [0, 0.1) is 17.8 Å². The molecule has 0 bridgehead atoms. The molecule has 112 valence electrons. The normalized spacial score (nSPS) is 28.2. The van der Waals surface area contributed by atoms with Crippen molar-refractivity contribution < 1.29 is 9.90 Å². The van der Waals surface area contributed by atoms with Crippen molar-refractivity contribution in [2.45, 2.75) is 58.9 Å². The van der Waals surface area contributed by atoms with Gasteiger partial charge in [-0.2, -0.15) is 5.10 Å². The van der Waals surface area contributed by atoms with Gasteiger partial charge in [-0.3, -0.25) is 9.48 Å². The lowest BCUT2D eigenvalue weighted by Gasteiger charge is -2.32. The van der Waals surface area contributed by atoms with Crippen LogP contribution >= 0.6 is 0 Å². The average molecular weight is 278 g/mol. The van der Waals surface area contributed by atoms with Crippen LogP contribution in [0.15, 0.2) is 12.3 Å². The van der Waals surface area contributed by atoms with Crippen molar-refractivity contribution in [3.8, 4) is 0 Å². The molecule has 4 unspecified atom stereocenters. The van der Waals surface area contributed by atoms with E-state index in [2.05, 4.69) is 25.9 Å². The van der Waals surface area contributed by atoms with Crippen LogP contribution in [0.5, 0.6) is 0 Å². The zero-order valence-electron chi connectivity index (χ0n) is 12.7. The fourth-order valence-corrected chi connectivity index (χ4v) is 3.24. The Morgan fingerprint density at radius 1 is 1.55 bits per heavy atom. The molecule has 2 rings (SSSR count). The third-order valence-electron chi connectivity index (χ3n) is 4.74. The third kappa shape index (κ3) is 3.41. The van der Waals surface area contributed by atoms with E-state index in [9.17, 15) is 9.90 Å². The number of rotatable bonds is 5. The summed E-state index contributed by atoms with van der Waals surface area (Å²) in [5.74, 6) is 0.0343. The van der Waals surface area contributed by atoms with Gasteiger partial charge in [0.05, 0.1) is 11.6 Å². The maximum Gasteiger partial charge on any atom is 0.306 e. The molecule has 1 aliphatic carbocycles. The van der Waals surface area contributed by atoms with Crippen LogP contribution in [0.4, 0.5) is 0 Å². The van der Waals surface area contributed by atoms with Gasteiger partial charge in [0.2, 0.25) is 0 Å². The van der Waals surface area contributed by atoms with Gasteiger partial charge in [0.1, 0.15) is 0 Å². The summed E-state index contributed by atoms with van der Waals surface area (Å²) in [7, 11) is 0. The number of carboxylic acids is 1. The van der Waals surface area contributed by atoms with Crippen LogP contribution in [-0.2, 0) is 11.2 Å². The molecule has 4 nitrogen and oxygen atoms in total. The van der Waals surface area contributed by atoms with Crippen molar-refractivity contribution in [1.29, 1.82) is 0 Å². The highest BCUT2D eigenvalue weighted by Gasteiger charge is 2.33. The second-order valence-electron chi connectivity index (χ2n) is 6.37. The third-order valence-corrected chi connectivity index (χ3v) is 4.74. The van der Waals surface area contributed by atoms with Crippen molar-refractivity contribution in [1.82, 2.24) is 9.78 Å². The molecular weight excluding hydrogens is 252 g/mol. The van der Waals surface area contributed by atoms with Gasteiger partial charge in [-0.05, 0) is 56.9 Å². The minimum Gasteiger partial charge on any atom is -0.481 e. The van der Waals surface area contributed by atoms with Crippen LogP contribution in [0.2, 0.25) is 0 Å². The van der Waals surface area contributed by atoms with Crippen molar-refractivity contribution in [2.24, 2.45) is 17.8 Å². The van der Waals surface area contributed by atoms with E-state index in [0.717, 1.165) is 37.8 Å². The molecular formula is C16H26N2O2. The number of aliphatic carboxylic acids is 1. The van der Waals surface area contributed by atoms with E-state index in [1.54, 1.807) is 0 Å². The first-order valence-corrected chi connectivity index (χ1v) is 7.78. The van der Waals surface area contributed by atoms with Crippen LogP contribution in [0.25, 0.3) is 0 Å². The predicted octanol–water partition coefficient (Wildman–Crippen LogP) is 3.53. The van der Waals surface area contributed by atoms with E-state index in [4.69, 9.17) is 0 Å². The molecule has 4 heteroatoms. The molecule has 1 aliphatic rings. The first-order chi connectivity index (χ1) is 9.51. The summed E-state index contributed by atoms with van der Waals surface area (Å²) in [4.78, 5) is 11.4. The lowest BCUT2D eigenvalue weighted by Crippen LogP contribution is -2.31. The second-order valence-corrected chi connectivity index (χ2v) is 6.37. The molecule has 1 heterocycles. The van der Waals surface area contributed by atoms with Gasteiger partial charge in [-0.25, -0.2) is 0 Å². The summed E-state index contributed by atoms with van der Waals surface area (Å²) >= 11 is 0. The zero-order valence-corrected chi connectivity index (χ0v) is 12.7. The number of hydrogen-bond acceptors (Lipinski definition) is 2. The minimum absolute atomic E-state index is 0.194. The van der Waals surface area contributed by atoms with E-state index in [1.807, 2.05) is 16.9 Å². The summed E-state index contributed by atoms with van der Waals surface area (Å²) in [6, 6.07) is 2.45. The molecule has 1 saturated carbocycles. The van der Waals surface area contributed by atoms with Gasteiger partial charge in [0, 0.05) is 12.2 Å². The molecule has 4 atom stereocenters. The minimum atomic E-state index is -0.636. The molecule has 0 aromatic carbocycles. The molecule has 0 saturated heterocycles. The molecule has 1 aromatic heterocycles. The van der Waals surface area contributed by atoms with Crippen LogP contribution in [0.1, 0.15) is 58.2 Å². The number of aromatic nitrogens is 2. The second kappa shape index (κ2) is 6.42. The van der Waals surface area contributed by atoms with Crippen LogP contribution in [-0.4, -0.2) is 20.9 Å². The lowest BCUT2D eigenvalue weighted by atomic mass is 9.73. The molecule has 1 N–H and O–H groups in total. The highest BCUT2D eigenvalue weighted by atomic mass is 16.4. The molecule has 0 spiro atoms. The van der Waals surface area contributed by atoms with Gasteiger partial charge in [0.15, 0.2) is 0 Å². The smallest absolute Gasteiger partial charge is 0.306 e. The van der Waals surface area contributed by atoms with Gasteiger partial charge in [0.25, 0.3) is 0 Å². The fraction of sp³-hybridized carbons (Fsp3) is 0.750. The van der Waals surface area contributed by atoms with E-state index >= 15 is 0 Å². The van der Waals surface area contributed by atoms with E-state index in [1.165, 1.54) is 0 Å². The maximum atomic E-state index is 11.4. The van der Waals surface area contributed by atoms with Crippen molar-refractivity contribution in [2.75, 3.05) is 0 Å². The first-order valence-electron chi connectivity index (χ1n) is 7.78. The Morgan fingerprint density at radius 2 is 2.30 bits per heavy atom. The summed E-state index contributed by atoms with van der Waals surface area (Å²) in [6.07, 6.45) is 6.73. The molecule has 1 aromatic rings. The van der Waals surface area contributed by atoms with Gasteiger partial charge < -0.3 is 5.11 Å². The summed E-state index contributed by atoms with van der Waals surface area (Å²) in [5.41, 5.74) is 1.04. The molecule has 0 aliphatic heterocycles. The zero-order chi connectivity index (χ0) is 14.7. The summed E-state index contributed by atoms with van der Waals surface area (Å²) in [5, 5.41) is 14.0. The van der Waals surface area contributed by atoms with Crippen LogP contribution in [0.3, 0.4) is 0 Å². The number of carbonyl (C=O) groups is 1. The average Bonchev–Trinajstić information content (AvgIpc) is 2.86. The first kappa shape index (κ1) is 15.1.